The molecule has 0 amide bonds. The maximum Gasteiger partial charge on any atom is 0.309 e. The number of esters is 1. The zero-order valence-corrected chi connectivity index (χ0v) is 12.7. The van der Waals surface area contributed by atoms with E-state index in [0.717, 1.165) is 38.5 Å². The van der Waals surface area contributed by atoms with Crippen LogP contribution in [0, 0.1) is 11.8 Å². The lowest BCUT2D eigenvalue weighted by Crippen LogP contribution is -2.48. The fourth-order valence-corrected chi connectivity index (χ4v) is 4.27. The van der Waals surface area contributed by atoms with Crippen LogP contribution in [0.4, 0.5) is 0 Å². The van der Waals surface area contributed by atoms with Gasteiger partial charge in [0.15, 0.2) is 0 Å². The molecule has 1 fully saturated rings. The normalized spacial score (nSPS) is 32.3. The lowest BCUT2D eigenvalue weighted by atomic mass is 9.64. The van der Waals surface area contributed by atoms with E-state index in [1.54, 1.807) is 0 Å². The van der Waals surface area contributed by atoms with E-state index in [2.05, 4.69) is 12.1 Å². The molecule has 0 saturated heterocycles. The lowest BCUT2D eigenvalue weighted by Gasteiger charge is -2.44. The molecule has 2 aliphatic rings. The van der Waals surface area contributed by atoms with Gasteiger partial charge in [-0.25, -0.2) is 0 Å². The minimum Gasteiger partial charge on any atom is -0.469 e. The summed E-state index contributed by atoms with van der Waals surface area (Å²) in [6.07, 6.45) is 6.24. The van der Waals surface area contributed by atoms with Crippen molar-refractivity contribution in [3.8, 4) is 0 Å². The number of fused-ring (bicyclic) bond motifs is 2. The van der Waals surface area contributed by atoms with Gasteiger partial charge >= 0.3 is 5.97 Å². The molecular weight excluding hydrogens is 264 g/mol. The van der Waals surface area contributed by atoms with E-state index in [-0.39, 0.29) is 17.8 Å². The zero-order chi connectivity index (χ0) is 14.9. The fraction of sp³-hybridized carbons (Fsp3) is 0.611. The van der Waals surface area contributed by atoms with E-state index in [1.807, 2.05) is 12.1 Å². The van der Waals surface area contributed by atoms with Gasteiger partial charge in [0.25, 0.3) is 0 Å². The Morgan fingerprint density at radius 2 is 2.00 bits per heavy atom. The molecule has 0 aliphatic heterocycles. The molecule has 1 aromatic carbocycles. The number of methoxy groups -OCH3 is 1. The van der Waals surface area contributed by atoms with Crippen LogP contribution < -0.4 is 0 Å². The molecule has 2 aliphatic carbocycles. The monoisotopic (exact) mass is 288 g/mol. The maximum absolute atomic E-state index is 12.3. The third-order valence-corrected chi connectivity index (χ3v) is 5.44. The summed E-state index contributed by atoms with van der Waals surface area (Å²) in [6.45, 7) is 0. The van der Waals surface area contributed by atoms with Crippen molar-refractivity contribution in [2.45, 2.75) is 50.5 Å². The average molecular weight is 288 g/mol. The van der Waals surface area contributed by atoms with Gasteiger partial charge in [-0.05, 0) is 43.2 Å². The standard InChI is InChI=1S/C18H24O3/c1-21-17(19)15-12-14-7-3-2-6-13(14)9-11-18(20)10-5-4-8-16(15)18/h2-3,6-7,15-16,20H,4-5,8-12H2,1H3/t15-,16+,18-/m1/s1. The first-order valence-electron chi connectivity index (χ1n) is 8.01. The van der Waals surface area contributed by atoms with Crippen molar-refractivity contribution in [1.82, 2.24) is 0 Å². The number of carbonyl (C=O) groups is 1. The molecule has 0 aromatic heterocycles. The Hall–Kier alpha value is -1.35. The van der Waals surface area contributed by atoms with Gasteiger partial charge in [0.1, 0.15) is 0 Å². The molecule has 1 aromatic rings. The summed E-state index contributed by atoms with van der Waals surface area (Å²) < 4.78 is 5.05. The Bertz CT molecular complexity index is 525. The zero-order valence-electron chi connectivity index (χ0n) is 12.7. The summed E-state index contributed by atoms with van der Waals surface area (Å²) in [5, 5.41) is 11.1. The van der Waals surface area contributed by atoms with Crippen LogP contribution in [0.3, 0.4) is 0 Å². The molecule has 0 heterocycles. The predicted octanol–water partition coefficient (Wildman–Crippen LogP) is 2.89. The Balaban J connectivity index is 2.00. The number of ether oxygens (including phenoxy) is 1. The summed E-state index contributed by atoms with van der Waals surface area (Å²) in [5.74, 6) is -0.356. The molecule has 114 valence electrons. The Morgan fingerprint density at radius 1 is 1.24 bits per heavy atom. The van der Waals surface area contributed by atoms with Crippen molar-refractivity contribution in [3.05, 3.63) is 35.4 Å². The summed E-state index contributed by atoms with van der Waals surface area (Å²) >= 11 is 0. The van der Waals surface area contributed by atoms with E-state index in [0.29, 0.717) is 6.42 Å². The molecule has 21 heavy (non-hydrogen) atoms. The van der Waals surface area contributed by atoms with Crippen molar-refractivity contribution >= 4 is 5.97 Å². The highest BCUT2D eigenvalue weighted by Gasteiger charge is 2.46. The van der Waals surface area contributed by atoms with Crippen molar-refractivity contribution in [3.63, 3.8) is 0 Å². The van der Waals surface area contributed by atoms with Gasteiger partial charge in [-0.1, -0.05) is 37.1 Å². The topological polar surface area (TPSA) is 46.5 Å². The number of hydrogen-bond donors (Lipinski definition) is 1. The molecule has 0 spiro atoms. The highest BCUT2D eigenvalue weighted by atomic mass is 16.5. The van der Waals surface area contributed by atoms with Gasteiger partial charge in [0.05, 0.1) is 18.6 Å². The second-order valence-corrected chi connectivity index (χ2v) is 6.56. The van der Waals surface area contributed by atoms with Gasteiger partial charge in [0.2, 0.25) is 0 Å². The second kappa shape index (κ2) is 5.80. The highest BCUT2D eigenvalue weighted by Crippen LogP contribution is 2.44. The molecule has 1 N–H and O–H groups in total. The van der Waals surface area contributed by atoms with Crippen molar-refractivity contribution in [2.24, 2.45) is 11.8 Å². The number of hydrogen-bond acceptors (Lipinski definition) is 3. The third-order valence-electron chi connectivity index (χ3n) is 5.44. The number of aryl methyl sites for hydroxylation is 1. The number of rotatable bonds is 1. The van der Waals surface area contributed by atoms with E-state index >= 15 is 0 Å². The molecule has 3 nitrogen and oxygen atoms in total. The summed E-state index contributed by atoms with van der Waals surface area (Å²) in [7, 11) is 1.45. The van der Waals surface area contributed by atoms with Crippen molar-refractivity contribution in [2.75, 3.05) is 7.11 Å². The van der Waals surface area contributed by atoms with E-state index in [1.165, 1.54) is 18.2 Å². The largest absolute Gasteiger partial charge is 0.469 e. The Morgan fingerprint density at radius 3 is 2.76 bits per heavy atom. The second-order valence-electron chi connectivity index (χ2n) is 6.56. The van der Waals surface area contributed by atoms with Crippen LogP contribution in [-0.2, 0) is 22.4 Å². The first kappa shape index (κ1) is 14.6. The van der Waals surface area contributed by atoms with Crippen LogP contribution in [0.15, 0.2) is 24.3 Å². The highest BCUT2D eigenvalue weighted by molar-refractivity contribution is 5.73. The first-order chi connectivity index (χ1) is 10.1. The minimum absolute atomic E-state index is 0.0343. The number of benzene rings is 1. The first-order valence-corrected chi connectivity index (χ1v) is 8.01. The predicted molar refractivity (Wildman–Crippen MR) is 80.9 cm³/mol. The summed E-state index contributed by atoms with van der Waals surface area (Å²) in [4.78, 5) is 12.3. The van der Waals surface area contributed by atoms with Gasteiger partial charge in [-0.2, -0.15) is 0 Å². The summed E-state index contributed by atoms with van der Waals surface area (Å²) in [5.41, 5.74) is 1.80. The third kappa shape index (κ3) is 2.71. The SMILES string of the molecule is COC(=O)[C@@H]1Cc2ccccc2CC[C@]2(O)CCCC[C@@H]12. The van der Waals surface area contributed by atoms with Crippen LogP contribution >= 0.6 is 0 Å². The Labute approximate surface area is 126 Å². The van der Waals surface area contributed by atoms with Crippen molar-refractivity contribution in [1.29, 1.82) is 0 Å². The van der Waals surface area contributed by atoms with Gasteiger partial charge in [-0.15, -0.1) is 0 Å². The number of carbonyl (C=O) groups excluding carboxylic acids is 1. The fourth-order valence-electron chi connectivity index (χ4n) is 4.27. The number of aliphatic hydroxyl groups is 1. The van der Waals surface area contributed by atoms with E-state index < -0.39 is 5.60 Å². The van der Waals surface area contributed by atoms with Crippen LogP contribution in [-0.4, -0.2) is 23.8 Å². The summed E-state index contributed by atoms with van der Waals surface area (Å²) in [6, 6.07) is 8.30. The minimum atomic E-state index is -0.704. The molecular formula is C18H24O3. The van der Waals surface area contributed by atoms with Gasteiger partial charge in [0, 0.05) is 5.92 Å². The quantitative estimate of drug-likeness (QED) is 0.808. The average Bonchev–Trinajstić information content (AvgIpc) is 2.50. The van der Waals surface area contributed by atoms with Gasteiger partial charge in [-0.3, -0.25) is 4.79 Å². The molecule has 1 saturated carbocycles. The lowest BCUT2D eigenvalue weighted by molar-refractivity contribution is -0.156. The Kier molecular flexibility index (Phi) is 4.03. The van der Waals surface area contributed by atoms with Crippen LogP contribution in [0.2, 0.25) is 0 Å². The molecule has 0 bridgehead atoms. The van der Waals surface area contributed by atoms with E-state index in [4.69, 9.17) is 4.74 Å². The van der Waals surface area contributed by atoms with Crippen LogP contribution in [0.1, 0.15) is 43.2 Å². The molecule has 3 rings (SSSR count). The molecule has 3 atom stereocenters. The molecule has 0 unspecified atom stereocenters. The molecule has 3 heteroatoms. The maximum atomic E-state index is 12.3. The molecule has 0 radical (unpaired) electrons. The van der Waals surface area contributed by atoms with Crippen LogP contribution in [0.25, 0.3) is 0 Å². The smallest absolute Gasteiger partial charge is 0.309 e. The van der Waals surface area contributed by atoms with Crippen LogP contribution in [0.5, 0.6) is 0 Å². The van der Waals surface area contributed by atoms with Gasteiger partial charge < -0.3 is 9.84 Å². The van der Waals surface area contributed by atoms with Crippen molar-refractivity contribution < 1.29 is 14.6 Å². The van der Waals surface area contributed by atoms with E-state index in [9.17, 15) is 9.90 Å².